The first kappa shape index (κ1) is 19.5. The third kappa shape index (κ3) is 5.27. The number of hydrogen-bond donors (Lipinski definition) is 6. The monoisotopic (exact) mass is 376 g/mol. The third-order valence-corrected chi connectivity index (χ3v) is 4.45. The molecule has 24 heavy (non-hydrogen) atoms. The van der Waals surface area contributed by atoms with Crippen molar-refractivity contribution in [2.75, 3.05) is 22.9 Å². The molecule has 0 saturated carbocycles. The molecule has 2 aromatic rings. The summed E-state index contributed by atoms with van der Waals surface area (Å²) in [5.41, 5.74) is 21.6. The van der Waals surface area contributed by atoms with Crippen LogP contribution >= 0.6 is 0 Å². The molecule has 0 atom stereocenters. The van der Waals surface area contributed by atoms with Crippen molar-refractivity contribution < 1.29 is 25.9 Å². The Labute approximate surface area is 138 Å². The standard InChI is InChI=1S/2C6H8N2O3S/c2*7-4-1-2-5(8)6(3-4)12(9,10)11/h2*1-3H,7-8H2,(H,9,10,11). The van der Waals surface area contributed by atoms with Gasteiger partial charge < -0.3 is 22.9 Å². The molecule has 10 N–H and O–H groups in total. The first-order chi connectivity index (χ1) is 10.8. The molecular weight excluding hydrogens is 360 g/mol. The maximum absolute atomic E-state index is 10.6. The van der Waals surface area contributed by atoms with Crippen molar-refractivity contribution in [1.29, 1.82) is 0 Å². The SMILES string of the molecule is Nc1ccc(N)c(S(=O)(=O)O)c1.Nc1ccc(N)c(S(=O)(=O)O)c1. The molecule has 0 heterocycles. The van der Waals surface area contributed by atoms with E-state index in [1.54, 1.807) is 0 Å². The quantitative estimate of drug-likeness (QED) is 0.309. The summed E-state index contributed by atoms with van der Waals surface area (Å²) in [6.07, 6.45) is 0. The number of rotatable bonds is 2. The average Bonchev–Trinajstić information content (AvgIpc) is 2.42. The summed E-state index contributed by atoms with van der Waals surface area (Å²) in [6, 6.07) is 7.74. The Morgan fingerprint density at radius 3 is 1.12 bits per heavy atom. The molecule has 0 amide bonds. The van der Waals surface area contributed by atoms with Crippen LogP contribution in [0.3, 0.4) is 0 Å². The lowest BCUT2D eigenvalue weighted by Crippen LogP contribution is -2.03. The minimum atomic E-state index is -4.26. The Morgan fingerprint density at radius 1 is 0.625 bits per heavy atom. The van der Waals surface area contributed by atoms with E-state index in [-0.39, 0.29) is 32.5 Å². The van der Waals surface area contributed by atoms with Gasteiger partial charge in [0.05, 0.1) is 11.4 Å². The first-order valence-corrected chi connectivity index (χ1v) is 8.95. The molecule has 12 heteroatoms. The fourth-order valence-corrected chi connectivity index (χ4v) is 2.85. The Morgan fingerprint density at radius 2 is 0.917 bits per heavy atom. The molecule has 0 unspecified atom stereocenters. The molecule has 0 spiro atoms. The molecule has 0 saturated heterocycles. The molecule has 132 valence electrons. The minimum Gasteiger partial charge on any atom is -0.399 e. The molecule has 0 aliphatic carbocycles. The molecule has 2 aromatic carbocycles. The van der Waals surface area contributed by atoms with E-state index >= 15 is 0 Å². The first-order valence-electron chi connectivity index (χ1n) is 6.07. The highest BCUT2D eigenvalue weighted by Gasteiger charge is 2.14. The van der Waals surface area contributed by atoms with Gasteiger partial charge in [-0.3, -0.25) is 9.11 Å². The third-order valence-electron chi connectivity index (χ3n) is 2.63. The van der Waals surface area contributed by atoms with Crippen LogP contribution in [0, 0.1) is 0 Å². The number of hydrogen-bond acceptors (Lipinski definition) is 8. The van der Waals surface area contributed by atoms with Crippen molar-refractivity contribution in [2.24, 2.45) is 0 Å². The van der Waals surface area contributed by atoms with Gasteiger partial charge in [0.1, 0.15) is 9.79 Å². The van der Waals surface area contributed by atoms with Crippen LogP contribution in [0.1, 0.15) is 0 Å². The van der Waals surface area contributed by atoms with Gasteiger partial charge in [0.2, 0.25) is 0 Å². The van der Waals surface area contributed by atoms with E-state index < -0.39 is 20.2 Å². The van der Waals surface area contributed by atoms with Gasteiger partial charge in [0, 0.05) is 11.4 Å². The molecule has 0 aliphatic heterocycles. The topological polar surface area (TPSA) is 213 Å². The molecule has 0 aliphatic rings. The van der Waals surface area contributed by atoms with Crippen LogP contribution in [0.25, 0.3) is 0 Å². The second-order valence-corrected chi connectivity index (χ2v) is 7.32. The summed E-state index contributed by atoms with van der Waals surface area (Å²) >= 11 is 0. The second kappa shape index (κ2) is 6.92. The zero-order valence-electron chi connectivity index (χ0n) is 12.1. The van der Waals surface area contributed by atoms with Crippen molar-refractivity contribution in [3.05, 3.63) is 36.4 Å². The van der Waals surface area contributed by atoms with E-state index in [9.17, 15) is 16.8 Å². The number of benzene rings is 2. The fraction of sp³-hybridized carbons (Fsp3) is 0. The fourth-order valence-electron chi connectivity index (χ4n) is 1.55. The van der Waals surface area contributed by atoms with Crippen molar-refractivity contribution in [2.45, 2.75) is 9.79 Å². The lowest BCUT2D eigenvalue weighted by Gasteiger charge is -2.02. The highest BCUT2D eigenvalue weighted by molar-refractivity contribution is 7.86. The smallest absolute Gasteiger partial charge is 0.296 e. The van der Waals surface area contributed by atoms with E-state index in [0.29, 0.717) is 0 Å². The molecule has 0 fully saturated rings. The molecular formula is C12H16N4O6S2. The van der Waals surface area contributed by atoms with Crippen molar-refractivity contribution in [1.82, 2.24) is 0 Å². The Hall–Kier alpha value is -2.54. The van der Waals surface area contributed by atoms with Gasteiger partial charge >= 0.3 is 0 Å². The lowest BCUT2D eigenvalue weighted by molar-refractivity contribution is 0.481. The van der Waals surface area contributed by atoms with Gasteiger partial charge in [-0.05, 0) is 36.4 Å². The van der Waals surface area contributed by atoms with Crippen LogP contribution in [0.4, 0.5) is 22.7 Å². The predicted molar refractivity (Wildman–Crippen MR) is 90.2 cm³/mol. The van der Waals surface area contributed by atoms with E-state index in [1.807, 2.05) is 0 Å². The van der Waals surface area contributed by atoms with Crippen LogP contribution in [0.2, 0.25) is 0 Å². The van der Waals surface area contributed by atoms with Crippen LogP contribution in [0.5, 0.6) is 0 Å². The van der Waals surface area contributed by atoms with Crippen molar-refractivity contribution >= 4 is 43.0 Å². The maximum Gasteiger partial charge on any atom is 0.296 e. The van der Waals surface area contributed by atoms with Gasteiger partial charge in [-0.1, -0.05) is 0 Å². The zero-order valence-corrected chi connectivity index (χ0v) is 13.8. The molecule has 0 aromatic heterocycles. The highest BCUT2D eigenvalue weighted by atomic mass is 32.2. The number of nitrogens with two attached hydrogens (primary N) is 4. The molecule has 10 nitrogen and oxygen atoms in total. The summed E-state index contributed by atoms with van der Waals surface area (Å²) < 4.78 is 59.8. The van der Waals surface area contributed by atoms with E-state index in [4.69, 9.17) is 32.0 Å². The maximum atomic E-state index is 10.6. The van der Waals surface area contributed by atoms with Gasteiger partial charge in [0.25, 0.3) is 20.2 Å². The van der Waals surface area contributed by atoms with Gasteiger partial charge in [0.15, 0.2) is 0 Å². The Kier molecular flexibility index (Phi) is 5.62. The van der Waals surface area contributed by atoms with E-state index in [1.165, 1.54) is 24.3 Å². The van der Waals surface area contributed by atoms with Crippen LogP contribution in [-0.4, -0.2) is 25.9 Å². The highest BCUT2D eigenvalue weighted by Crippen LogP contribution is 2.21. The lowest BCUT2D eigenvalue weighted by atomic mass is 10.3. The normalized spacial score (nSPS) is 11.4. The second-order valence-electron chi connectivity index (χ2n) is 4.54. The van der Waals surface area contributed by atoms with E-state index in [2.05, 4.69) is 0 Å². The van der Waals surface area contributed by atoms with Gasteiger partial charge in [-0.2, -0.15) is 16.8 Å². The van der Waals surface area contributed by atoms with Crippen molar-refractivity contribution in [3.63, 3.8) is 0 Å². The van der Waals surface area contributed by atoms with Crippen LogP contribution in [0.15, 0.2) is 46.2 Å². The molecule has 2 rings (SSSR count). The Bertz CT molecular complexity index is 878. The van der Waals surface area contributed by atoms with Gasteiger partial charge in [-0.15, -0.1) is 0 Å². The Balaban J connectivity index is 0.000000240. The minimum absolute atomic E-state index is 0.0216. The zero-order chi connectivity index (χ0) is 18.7. The number of anilines is 4. The predicted octanol–water partition coefficient (Wildman–Crippen LogP) is 0.195. The number of nitrogen functional groups attached to an aromatic ring is 4. The van der Waals surface area contributed by atoms with Crippen LogP contribution < -0.4 is 22.9 Å². The summed E-state index contributed by atoms with van der Waals surface area (Å²) in [5.74, 6) is 0. The van der Waals surface area contributed by atoms with Crippen LogP contribution in [-0.2, 0) is 20.2 Å². The summed E-state index contributed by atoms with van der Waals surface area (Å²) in [5, 5.41) is 0. The summed E-state index contributed by atoms with van der Waals surface area (Å²) in [4.78, 5) is -0.718. The summed E-state index contributed by atoms with van der Waals surface area (Å²) in [7, 11) is -8.52. The molecule has 0 radical (unpaired) electrons. The summed E-state index contributed by atoms with van der Waals surface area (Å²) in [6.45, 7) is 0. The van der Waals surface area contributed by atoms with Gasteiger partial charge in [-0.25, -0.2) is 0 Å². The molecule has 0 bridgehead atoms. The largest absolute Gasteiger partial charge is 0.399 e. The van der Waals surface area contributed by atoms with E-state index in [0.717, 1.165) is 12.1 Å². The average molecular weight is 376 g/mol. The van der Waals surface area contributed by atoms with Crippen molar-refractivity contribution in [3.8, 4) is 0 Å².